The summed E-state index contributed by atoms with van der Waals surface area (Å²) >= 11 is 0. The predicted molar refractivity (Wildman–Crippen MR) is 73.4 cm³/mol. The molecule has 0 aliphatic heterocycles. The predicted octanol–water partition coefficient (Wildman–Crippen LogP) is 0.675. The molecule has 0 saturated carbocycles. The van der Waals surface area contributed by atoms with Crippen molar-refractivity contribution in [3.63, 3.8) is 0 Å². The molecule has 1 rings (SSSR count). The molecule has 0 saturated heterocycles. The Bertz CT molecular complexity index is 519. The molecule has 0 radical (unpaired) electrons. The molecule has 1 aromatic rings. The van der Waals surface area contributed by atoms with Gasteiger partial charge in [0.05, 0.1) is 4.92 Å². The van der Waals surface area contributed by atoms with E-state index in [-0.39, 0.29) is 16.9 Å². The summed E-state index contributed by atoms with van der Waals surface area (Å²) in [4.78, 5) is 22.0. The Labute approximate surface area is 112 Å². The summed E-state index contributed by atoms with van der Waals surface area (Å²) < 4.78 is 10.8. The lowest BCUT2D eigenvalue weighted by Crippen LogP contribution is -2.26. The van der Waals surface area contributed by atoms with E-state index in [4.69, 9.17) is 5.73 Å². The number of nitro groups is 1. The van der Waals surface area contributed by atoms with Crippen LogP contribution in [0.25, 0.3) is 0 Å². The van der Waals surface area contributed by atoms with Gasteiger partial charge in [0.1, 0.15) is 11.3 Å². The molecule has 1 aromatic carbocycles. The standard InChI is InChI=1S/C11H15N3O4S/c1-19(18)7-3-6-13-11(15)8-4-2-5-9(12)10(8)14(16)17/h2,4-5H,3,6-7,12H2,1H3,(H,13,15). The van der Waals surface area contributed by atoms with Crippen molar-refractivity contribution in [2.24, 2.45) is 0 Å². The molecule has 104 valence electrons. The molecule has 0 aliphatic carbocycles. The lowest BCUT2D eigenvalue weighted by atomic mass is 10.1. The van der Waals surface area contributed by atoms with Gasteiger partial charge in [0.15, 0.2) is 0 Å². The number of carbonyl (C=O) groups is 1. The van der Waals surface area contributed by atoms with Crippen molar-refractivity contribution in [3.8, 4) is 0 Å². The monoisotopic (exact) mass is 285 g/mol. The lowest BCUT2D eigenvalue weighted by Gasteiger charge is -2.06. The summed E-state index contributed by atoms with van der Waals surface area (Å²) in [6, 6.07) is 4.20. The van der Waals surface area contributed by atoms with Gasteiger partial charge in [0.25, 0.3) is 5.91 Å². The van der Waals surface area contributed by atoms with Crippen molar-refractivity contribution in [3.05, 3.63) is 33.9 Å². The van der Waals surface area contributed by atoms with Gasteiger partial charge in [-0.15, -0.1) is 0 Å². The number of amides is 1. The zero-order valence-corrected chi connectivity index (χ0v) is 11.2. The van der Waals surface area contributed by atoms with Crippen LogP contribution < -0.4 is 11.1 Å². The number of nitrogens with zero attached hydrogens (tertiary/aromatic N) is 1. The number of nitrogens with one attached hydrogen (secondary N) is 1. The number of nitro benzene ring substituents is 1. The molecule has 0 heterocycles. The van der Waals surface area contributed by atoms with Crippen molar-refractivity contribution in [1.29, 1.82) is 0 Å². The lowest BCUT2D eigenvalue weighted by molar-refractivity contribution is -0.384. The van der Waals surface area contributed by atoms with Gasteiger partial charge in [-0.2, -0.15) is 0 Å². The third kappa shape index (κ3) is 4.32. The summed E-state index contributed by atoms with van der Waals surface area (Å²) in [7, 11) is -0.920. The van der Waals surface area contributed by atoms with E-state index in [1.165, 1.54) is 18.2 Å². The van der Waals surface area contributed by atoms with Gasteiger partial charge in [0.2, 0.25) is 0 Å². The average molecular weight is 285 g/mol. The quantitative estimate of drug-likeness (QED) is 0.345. The van der Waals surface area contributed by atoms with Crippen molar-refractivity contribution >= 4 is 28.1 Å². The number of anilines is 1. The van der Waals surface area contributed by atoms with Crippen LogP contribution in [0.15, 0.2) is 18.2 Å². The molecule has 1 atom stereocenters. The normalized spacial score (nSPS) is 11.8. The van der Waals surface area contributed by atoms with Gasteiger partial charge in [-0.1, -0.05) is 6.07 Å². The minimum Gasteiger partial charge on any atom is -0.393 e. The maximum absolute atomic E-state index is 11.8. The highest BCUT2D eigenvalue weighted by Gasteiger charge is 2.22. The number of nitrogens with two attached hydrogens (primary N) is 1. The smallest absolute Gasteiger partial charge is 0.304 e. The van der Waals surface area contributed by atoms with Gasteiger partial charge in [-0.25, -0.2) is 0 Å². The van der Waals surface area contributed by atoms with E-state index < -0.39 is 21.6 Å². The maximum atomic E-state index is 11.8. The zero-order chi connectivity index (χ0) is 14.4. The third-order valence-corrected chi connectivity index (χ3v) is 3.25. The zero-order valence-electron chi connectivity index (χ0n) is 10.4. The maximum Gasteiger partial charge on any atom is 0.304 e. The van der Waals surface area contributed by atoms with Crippen LogP contribution >= 0.6 is 0 Å². The number of hydrogen-bond acceptors (Lipinski definition) is 5. The Morgan fingerprint density at radius 3 is 2.79 bits per heavy atom. The molecule has 8 heteroatoms. The summed E-state index contributed by atoms with van der Waals surface area (Å²) in [5, 5.41) is 13.4. The highest BCUT2D eigenvalue weighted by atomic mass is 32.2. The molecule has 1 unspecified atom stereocenters. The second-order valence-corrected chi connectivity index (χ2v) is 5.44. The Hall–Kier alpha value is -1.96. The summed E-state index contributed by atoms with van der Waals surface area (Å²) in [6.07, 6.45) is 2.12. The van der Waals surface area contributed by atoms with Crippen LogP contribution in [0.1, 0.15) is 16.8 Å². The highest BCUT2D eigenvalue weighted by Crippen LogP contribution is 2.25. The molecule has 1 amide bonds. The van der Waals surface area contributed by atoms with E-state index >= 15 is 0 Å². The molecular formula is C11H15N3O4S. The Morgan fingerprint density at radius 2 is 2.21 bits per heavy atom. The van der Waals surface area contributed by atoms with Crippen molar-refractivity contribution in [2.45, 2.75) is 6.42 Å². The first-order chi connectivity index (χ1) is 8.93. The van der Waals surface area contributed by atoms with Gasteiger partial charge >= 0.3 is 5.69 Å². The van der Waals surface area contributed by atoms with Gasteiger partial charge < -0.3 is 11.1 Å². The number of para-hydroxylation sites is 1. The third-order valence-electron chi connectivity index (χ3n) is 2.39. The molecule has 0 aliphatic rings. The van der Waals surface area contributed by atoms with Crippen LogP contribution in [0.2, 0.25) is 0 Å². The second-order valence-electron chi connectivity index (χ2n) is 3.89. The fraction of sp³-hybridized carbons (Fsp3) is 0.364. The molecule has 7 nitrogen and oxygen atoms in total. The first-order valence-corrected chi connectivity index (χ1v) is 7.27. The van der Waals surface area contributed by atoms with Crippen molar-refractivity contribution < 1.29 is 13.9 Å². The largest absolute Gasteiger partial charge is 0.393 e. The number of rotatable bonds is 6. The summed E-state index contributed by atoms with van der Waals surface area (Å²) in [5.74, 6) is -0.0832. The second kappa shape index (κ2) is 6.83. The number of carbonyl (C=O) groups excluding carboxylic acids is 1. The SMILES string of the molecule is CS(=O)CCCNC(=O)c1cccc(N)c1[N+](=O)[O-]. The van der Waals surface area contributed by atoms with Crippen LogP contribution in [0, 0.1) is 10.1 Å². The Morgan fingerprint density at radius 1 is 1.53 bits per heavy atom. The molecule has 0 spiro atoms. The molecular weight excluding hydrogens is 270 g/mol. The van der Waals surface area contributed by atoms with E-state index in [2.05, 4.69) is 5.32 Å². The molecule has 0 aromatic heterocycles. The fourth-order valence-corrected chi connectivity index (χ4v) is 2.07. The molecule has 0 bridgehead atoms. The number of hydrogen-bond donors (Lipinski definition) is 2. The minimum absolute atomic E-state index is 0.0488. The Balaban J connectivity index is 2.74. The van der Waals surface area contributed by atoms with Gasteiger partial charge in [-0.3, -0.25) is 19.1 Å². The minimum atomic E-state index is -0.920. The van der Waals surface area contributed by atoms with Crippen LogP contribution in [0.4, 0.5) is 11.4 Å². The van der Waals surface area contributed by atoms with Gasteiger partial charge in [0, 0.05) is 29.4 Å². The molecule has 19 heavy (non-hydrogen) atoms. The van der Waals surface area contributed by atoms with Gasteiger partial charge in [-0.05, 0) is 18.6 Å². The fourth-order valence-electron chi connectivity index (χ4n) is 1.52. The van der Waals surface area contributed by atoms with Crippen molar-refractivity contribution in [1.82, 2.24) is 5.32 Å². The van der Waals surface area contributed by atoms with Crippen LogP contribution in [-0.2, 0) is 10.8 Å². The first-order valence-electron chi connectivity index (χ1n) is 5.54. The van der Waals surface area contributed by atoms with Crippen LogP contribution in [0.3, 0.4) is 0 Å². The summed E-state index contributed by atoms with van der Waals surface area (Å²) in [5.41, 5.74) is 4.99. The van der Waals surface area contributed by atoms with Crippen molar-refractivity contribution in [2.75, 3.05) is 24.3 Å². The van der Waals surface area contributed by atoms with E-state index in [0.29, 0.717) is 18.7 Å². The number of benzene rings is 1. The van der Waals surface area contributed by atoms with E-state index in [0.717, 1.165) is 0 Å². The summed E-state index contributed by atoms with van der Waals surface area (Å²) in [6.45, 7) is 0.310. The van der Waals surface area contributed by atoms with Crippen LogP contribution in [-0.4, -0.2) is 33.6 Å². The first kappa shape index (κ1) is 15.1. The Kier molecular flexibility index (Phi) is 5.43. The highest BCUT2D eigenvalue weighted by molar-refractivity contribution is 7.84. The van der Waals surface area contributed by atoms with E-state index in [1.54, 1.807) is 6.26 Å². The van der Waals surface area contributed by atoms with E-state index in [9.17, 15) is 19.1 Å². The van der Waals surface area contributed by atoms with Crippen LogP contribution in [0.5, 0.6) is 0 Å². The number of nitrogen functional groups attached to an aromatic ring is 1. The van der Waals surface area contributed by atoms with E-state index in [1.807, 2.05) is 0 Å². The molecule has 3 N–H and O–H groups in total. The average Bonchev–Trinajstić information content (AvgIpc) is 2.33. The molecule has 0 fully saturated rings. The topological polar surface area (TPSA) is 115 Å².